The second-order valence-electron chi connectivity index (χ2n) is 5.09. The number of carbonyl (C=O) groups is 1. The first-order chi connectivity index (χ1) is 10.1. The number of aromatic nitrogens is 2. The molecule has 0 saturated heterocycles. The molecule has 0 saturated carbocycles. The number of furan rings is 1. The molecule has 6 heteroatoms. The first kappa shape index (κ1) is 15.3. The van der Waals surface area contributed by atoms with Crippen LogP contribution in [0.2, 0.25) is 0 Å². The fourth-order valence-electron chi connectivity index (χ4n) is 2.01. The number of carbonyl (C=O) groups excluding carboxylic acids is 1. The molecule has 1 N–H and O–H groups in total. The molecule has 1 atom stereocenters. The monoisotopic (exact) mass is 291 g/mol. The topological polar surface area (TPSA) is 81.2 Å². The summed E-state index contributed by atoms with van der Waals surface area (Å²) in [5, 5.41) is 6.75. The minimum atomic E-state index is -0.149. The van der Waals surface area contributed by atoms with Gasteiger partial charge in [-0.2, -0.15) is 4.98 Å². The van der Waals surface area contributed by atoms with E-state index in [1.165, 1.54) is 0 Å². The zero-order valence-electron chi connectivity index (χ0n) is 12.7. The maximum Gasteiger partial charge on any atom is 0.227 e. The minimum absolute atomic E-state index is 0.0632. The largest absolute Gasteiger partial charge is 0.464 e. The zero-order chi connectivity index (χ0) is 15.2. The molecule has 0 bridgehead atoms. The van der Waals surface area contributed by atoms with E-state index in [4.69, 9.17) is 8.94 Å². The van der Waals surface area contributed by atoms with Crippen LogP contribution in [-0.4, -0.2) is 16.0 Å². The van der Waals surface area contributed by atoms with E-state index < -0.39 is 0 Å². The lowest BCUT2D eigenvalue weighted by Crippen LogP contribution is -2.26. The van der Waals surface area contributed by atoms with E-state index in [-0.39, 0.29) is 11.9 Å². The van der Waals surface area contributed by atoms with Crippen LogP contribution in [0.4, 0.5) is 0 Å². The van der Waals surface area contributed by atoms with E-state index in [1.54, 1.807) is 0 Å². The third-order valence-corrected chi connectivity index (χ3v) is 3.12. The van der Waals surface area contributed by atoms with Gasteiger partial charge in [0.05, 0.1) is 6.04 Å². The highest BCUT2D eigenvalue weighted by molar-refractivity contribution is 5.76. The van der Waals surface area contributed by atoms with Gasteiger partial charge in [-0.25, -0.2) is 0 Å². The number of nitrogens with one attached hydrogen (secondary N) is 1. The Morgan fingerprint density at radius 2 is 2.19 bits per heavy atom. The van der Waals surface area contributed by atoms with Gasteiger partial charge in [-0.1, -0.05) is 12.1 Å². The molecule has 0 spiro atoms. The van der Waals surface area contributed by atoms with Crippen molar-refractivity contribution in [3.05, 3.63) is 35.4 Å². The number of hydrogen-bond acceptors (Lipinski definition) is 5. The second-order valence-corrected chi connectivity index (χ2v) is 5.09. The molecule has 1 amide bonds. The SMILES string of the molecule is CCCc1noc(CCC(=O)NC(C)c2ccc(C)o2)n1. The van der Waals surface area contributed by atoms with Gasteiger partial charge >= 0.3 is 0 Å². The minimum Gasteiger partial charge on any atom is -0.464 e. The molecule has 2 aromatic heterocycles. The third-order valence-electron chi connectivity index (χ3n) is 3.12. The van der Waals surface area contributed by atoms with Crippen molar-refractivity contribution in [2.24, 2.45) is 0 Å². The van der Waals surface area contributed by atoms with Crippen molar-refractivity contribution in [2.75, 3.05) is 0 Å². The van der Waals surface area contributed by atoms with E-state index in [2.05, 4.69) is 22.4 Å². The summed E-state index contributed by atoms with van der Waals surface area (Å²) in [6.07, 6.45) is 2.54. The summed E-state index contributed by atoms with van der Waals surface area (Å²) in [6, 6.07) is 3.60. The Balaban J connectivity index is 1.78. The fourth-order valence-corrected chi connectivity index (χ4v) is 2.01. The molecule has 21 heavy (non-hydrogen) atoms. The van der Waals surface area contributed by atoms with Crippen molar-refractivity contribution in [2.45, 2.75) is 52.5 Å². The molecule has 0 aromatic carbocycles. The number of amides is 1. The Morgan fingerprint density at radius 3 is 2.86 bits per heavy atom. The number of nitrogens with zero attached hydrogens (tertiary/aromatic N) is 2. The van der Waals surface area contributed by atoms with E-state index >= 15 is 0 Å². The molecular formula is C15H21N3O3. The Bertz CT molecular complexity index is 589. The molecule has 114 valence electrons. The van der Waals surface area contributed by atoms with Crippen LogP contribution in [0, 0.1) is 6.92 Å². The molecule has 0 aliphatic heterocycles. The van der Waals surface area contributed by atoms with Gasteiger partial charge in [0.1, 0.15) is 11.5 Å². The summed E-state index contributed by atoms with van der Waals surface area (Å²) in [5.41, 5.74) is 0. The van der Waals surface area contributed by atoms with E-state index in [1.807, 2.05) is 26.0 Å². The van der Waals surface area contributed by atoms with Crippen LogP contribution in [0.5, 0.6) is 0 Å². The lowest BCUT2D eigenvalue weighted by Gasteiger charge is -2.10. The van der Waals surface area contributed by atoms with Crippen molar-refractivity contribution in [3.63, 3.8) is 0 Å². The molecule has 0 fully saturated rings. The highest BCUT2D eigenvalue weighted by Gasteiger charge is 2.14. The average Bonchev–Trinajstić information content (AvgIpc) is 3.06. The molecule has 0 aliphatic carbocycles. The van der Waals surface area contributed by atoms with Crippen LogP contribution in [0.3, 0.4) is 0 Å². The van der Waals surface area contributed by atoms with Gasteiger partial charge < -0.3 is 14.3 Å². The van der Waals surface area contributed by atoms with Gasteiger partial charge in [0.2, 0.25) is 11.8 Å². The Kier molecular flexibility index (Phi) is 5.14. The highest BCUT2D eigenvalue weighted by atomic mass is 16.5. The first-order valence-corrected chi connectivity index (χ1v) is 7.25. The summed E-state index contributed by atoms with van der Waals surface area (Å²) >= 11 is 0. The van der Waals surface area contributed by atoms with Crippen LogP contribution in [-0.2, 0) is 17.6 Å². The third kappa shape index (κ3) is 4.44. The second kappa shape index (κ2) is 7.06. The lowest BCUT2D eigenvalue weighted by atomic mass is 10.2. The van der Waals surface area contributed by atoms with E-state index in [9.17, 15) is 4.79 Å². The van der Waals surface area contributed by atoms with Crippen molar-refractivity contribution in [1.29, 1.82) is 0 Å². The van der Waals surface area contributed by atoms with E-state index in [0.29, 0.717) is 24.6 Å². The molecular weight excluding hydrogens is 270 g/mol. The summed E-state index contributed by atoms with van der Waals surface area (Å²) in [4.78, 5) is 16.1. The quantitative estimate of drug-likeness (QED) is 0.848. The van der Waals surface area contributed by atoms with Crippen LogP contribution in [0.1, 0.15) is 56.0 Å². The lowest BCUT2D eigenvalue weighted by molar-refractivity contribution is -0.121. The van der Waals surface area contributed by atoms with Gasteiger partial charge in [0.25, 0.3) is 0 Å². The maximum absolute atomic E-state index is 11.9. The van der Waals surface area contributed by atoms with Gasteiger partial charge in [-0.05, 0) is 32.4 Å². The van der Waals surface area contributed by atoms with Crippen molar-refractivity contribution >= 4 is 5.91 Å². The zero-order valence-corrected chi connectivity index (χ0v) is 12.7. The Morgan fingerprint density at radius 1 is 1.38 bits per heavy atom. The fraction of sp³-hybridized carbons (Fsp3) is 0.533. The van der Waals surface area contributed by atoms with Crippen molar-refractivity contribution < 1.29 is 13.7 Å². The average molecular weight is 291 g/mol. The Labute approximate surface area is 123 Å². The summed E-state index contributed by atoms with van der Waals surface area (Å²) < 4.78 is 10.6. The smallest absolute Gasteiger partial charge is 0.227 e. The predicted molar refractivity (Wildman–Crippen MR) is 76.6 cm³/mol. The number of rotatable bonds is 7. The molecule has 2 aromatic rings. The summed E-state index contributed by atoms with van der Waals surface area (Å²) in [6.45, 7) is 5.82. The predicted octanol–water partition coefficient (Wildman–Crippen LogP) is 2.73. The molecule has 1 unspecified atom stereocenters. The first-order valence-electron chi connectivity index (χ1n) is 7.25. The van der Waals surface area contributed by atoms with Gasteiger partial charge in [-0.3, -0.25) is 4.79 Å². The molecule has 2 rings (SSSR count). The van der Waals surface area contributed by atoms with Crippen LogP contribution in [0.25, 0.3) is 0 Å². The summed E-state index contributed by atoms with van der Waals surface area (Å²) in [7, 11) is 0. The van der Waals surface area contributed by atoms with Gasteiger partial charge in [0, 0.05) is 19.3 Å². The standard InChI is InChI=1S/C15H21N3O3/c1-4-5-13-17-15(21-18-13)9-8-14(19)16-11(3)12-7-6-10(2)20-12/h6-7,11H,4-5,8-9H2,1-3H3,(H,16,19). The number of hydrogen-bond donors (Lipinski definition) is 1. The summed E-state index contributed by atoms with van der Waals surface area (Å²) in [5.74, 6) is 2.73. The molecule has 0 radical (unpaired) electrons. The van der Waals surface area contributed by atoms with Crippen LogP contribution >= 0.6 is 0 Å². The maximum atomic E-state index is 11.9. The Hall–Kier alpha value is -2.11. The number of aryl methyl sites for hydroxylation is 3. The highest BCUT2D eigenvalue weighted by Crippen LogP contribution is 2.15. The van der Waals surface area contributed by atoms with Crippen LogP contribution < -0.4 is 5.32 Å². The van der Waals surface area contributed by atoms with Crippen molar-refractivity contribution in [1.82, 2.24) is 15.5 Å². The van der Waals surface area contributed by atoms with Crippen molar-refractivity contribution in [3.8, 4) is 0 Å². The van der Waals surface area contributed by atoms with Gasteiger partial charge in [-0.15, -0.1) is 0 Å². The molecule has 6 nitrogen and oxygen atoms in total. The normalized spacial score (nSPS) is 12.3. The van der Waals surface area contributed by atoms with Crippen LogP contribution in [0.15, 0.2) is 21.1 Å². The molecule has 0 aliphatic rings. The van der Waals surface area contributed by atoms with Gasteiger partial charge in [0.15, 0.2) is 5.82 Å². The molecule has 2 heterocycles. The van der Waals surface area contributed by atoms with E-state index in [0.717, 1.165) is 24.4 Å².